The summed E-state index contributed by atoms with van der Waals surface area (Å²) in [5.74, 6) is -0.354. The summed E-state index contributed by atoms with van der Waals surface area (Å²) in [5.41, 5.74) is 1.59. The smallest absolute Gasteiger partial charge is 0.240 e. The van der Waals surface area contributed by atoms with Crippen LogP contribution >= 0.6 is 11.3 Å². The number of carbonyl (C=O) groups excluding carboxylic acids is 1. The van der Waals surface area contributed by atoms with Gasteiger partial charge in [-0.1, -0.05) is 12.1 Å². The third-order valence-corrected chi connectivity index (χ3v) is 6.76. The molecule has 0 aliphatic heterocycles. The van der Waals surface area contributed by atoms with Crippen molar-refractivity contribution in [3.8, 4) is 11.4 Å². The number of rotatable bonds is 7. The number of fused-ring (bicyclic) bond motifs is 1. The van der Waals surface area contributed by atoms with Gasteiger partial charge >= 0.3 is 0 Å². The molecule has 0 aliphatic carbocycles. The van der Waals surface area contributed by atoms with Crippen molar-refractivity contribution in [3.05, 3.63) is 65.4 Å². The summed E-state index contributed by atoms with van der Waals surface area (Å²) >= 11 is 1.35. The van der Waals surface area contributed by atoms with Crippen molar-refractivity contribution in [1.82, 2.24) is 19.3 Å². The van der Waals surface area contributed by atoms with Crippen LogP contribution in [0.15, 0.2) is 58.8 Å². The molecule has 31 heavy (non-hydrogen) atoms. The molecule has 160 valence electrons. The second-order valence-corrected chi connectivity index (χ2v) is 9.29. The Hall–Kier alpha value is -3.15. The van der Waals surface area contributed by atoms with Crippen LogP contribution in [0.25, 0.3) is 16.3 Å². The molecule has 4 rings (SSSR count). The highest BCUT2D eigenvalue weighted by Gasteiger charge is 2.16. The first kappa shape index (κ1) is 21.1. The minimum absolute atomic E-state index is 0.0969. The maximum Gasteiger partial charge on any atom is 0.240 e. The lowest BCUT2D eigenvalue weighted by molar-refractivity contribution is -0.114. The van der Waals surface area contributed by atoms with E-state index >= 15 is 0 Å². The zero-order valence-corrected chi connectivity index (χ0v) is 18.0. The van der Waals surface area contributed by atoms with Crippen molar-refractivity contribution in [3.63, 3.8) is 0 Å². The van der Waals surface area contributed by atoms with Crippen molar-refractivity contribution in [2.24, 2.45) is 0 Å². The molecular formula is C20H18FN5O3S2. The normalized spacial score (nSPS) is 11.7. The Kier molecular flexibility index (Phi) is 5.81. The van der Waals surface area contributed by atoms with Gasteiger partial charge in [0, 0.05) is 31.0 Å². The monoisotopic (exact) mass is 459 g/mol. The molecule has 0 unspecified atom stereocenters. The van der Waals surface area contributed by atoms with E-state index < -0.39 is 15.8 Å². The summed E-state index contributed by atoms with van der Waals surface area (Å²) in [4.78, 5) is 16.1. The van der Waals surface area contributed by atoms with Gasteiger partial charge in [-0.2, -0.15) is 4.98 Å². The number of thiazole rings is 1. The van der Waals surface area contributed by atoms with Gasteiger partial charge in [0.2, 0.25) is 20.9 Å². The Morgan fingerprint density at radius 1 is 1.16 bits per heavy atom. The molecule has 11 heteroatoms. The molecule has 0 saturated heterocycles. The van der Waals surface area contributed by atoms with E-state index in [2.05, 4.69) is 20.1 Å². The van der Waals surface area contributed by atoms with Crippen LogP contribution in [-0.2, 0) is 21.2 Å². The summed E-state index contributed by atoms with van der Waals surface area (Å²) in [6.07, 6.45) is 0.378. The first-order valence-corrected chi connectivity index (χ1v) is 11.6. The maximum atomic E-state index is 14.0. The second kappa shape index (κ2) is 8.53. The molecule has 0 saturated carbocycles. The summed E-state index contributed by atoms with van der Waals surface area (Å²) in [5, 5.41) is 8.81. The lowest BCUT2D eigenvalue weighted by Crippen LogP contribution is -2.26. The quantitative estimate of drug-likeness (QED) is 0.442. The minimum Gasteiger partial charge on any atom is -0.326 e. The number of aromatic nitrogens is 3. The summed E-state index contributed by atoms with van der Waals surface area (Å²) in [7, 11) is -3.71. The fraction of sp³-hybridized carbons (Fsp3) is 0.150. The van der Waals surface area contributed by atoms with Gasteiger partial charge in [-0.25, -0.2) is 22.0 Å². The van der Waals surface area contributed by atoms with Gasteiger partial charge < -0.3 is 5.32 Å². The number of halogens is 1. The van der Waals surface area contributed by atoms with E-state index in [1.165, 1.54) is 48.6 Å². The third-order valence-electron chi connectivity index (χ3n) is 4.42. The average Bonchev–Trinajstić information content (AvgIpc) is 3.30. The number of carbonyl (C=O) groups is 1. The molecule has 2 aromatic carbocycles. The number of hydrogen-bond acceptors (Lipinski definition) is 6. The maximum absolute atomic E-state index is 14.0. The number of benzene rings is 2. The lowest BCUT2D eigenvalue weighted by atomic mass is 10.2. The number of hydrogen-bond donors (Lipinski definition) is 2. The predicted octanol–water partition coefficient (Wildman–Crippen LogP) is 3.08. The Bertz CT molecular complexity index is 1350. The van der Waals surface area contributed by atoms with Crippen molar-refractivity contribution in [1.29, 1.82) is 0 Å². The van der Waals surface area contributed by atoms with Crippen LogP contribution in [0.4, 0.5) is 10.1 Å². The molecule has 0 radical (unpaired) electrons. The van der Waals surface area contributed by atoms with E-state index in [9.17, 15) is 17.6 Å². The molecule has 0 aliphatic rings. The average molecular weight is 460 g/mol. The Morgan fingerprint density at radius 3 is 2.61 bits per heavy atom. The van der Waals surface area contributed by atoms with Crippen LogP contribution < -0.4 is 10.0 Å². The van der Waals surface area contributed by atoms with Gasteiger partial charge in [-0.05, 0) is 36.4 Å². The predicted molar refractivity (Wildman–Crippen MR) is 116 cm³/mol. The van der Waals surface area contributed by atoms with Gasteiger partial charge in [-0.15, -0.1) is 16.4 Å². The van der Waals surface area contributed by atoms with Crippen LogP contribution in [0.3, 0.4) is 0 Å². The topological polar surface area (TPSA) is 105 Å². The first-order chi connectivity index (χ1) is 14.8. The van der Waals surface area contributed by atoms with E-state index in [4.69, 9.17) is 0 Å². The van der Waals surface area contributed by atoms with E-state index in [1.807, 2.05) is 5.38 Å². The molecule has 1 amide bonds. The molecule has 0 bridgehead atoms. The van der Waals surface area contributed by atoms with Gasteiger partial charge in [0.15, 0.2) is 5.82 Å². The van der Waals surface area contributed by atoms with Crippen LogP contribution in [-0.4, -0.2) is 35.5 Å². The second-order valence-electron chi connectivity index (χ2n) is 6.69. The Labute approximate surface area is 181 Å². The fourth-order valence-electron chi connectivity index (χ4n) is 2.97. The van der Waals surface area contributed by atoms with E-state index in [-0.39, 0.29) is 23.2 Å². The Balaban J connectivity index is 1.44. The lowest BCUT2D eigenvalue weighted by Gasteiger charge is -2.08. The highest BCUT2D eigenvalue weighted by atomic mass is 32.2. The molecule has 2 heterocycles. The van der Waals surface area contributed by atoms with Crippen molar-refractivity contribution in [2.45, 2.75) is 18.2 Å². The van der Waals surface area contributed by atoms with Gasteiger partial charge in [0.05, 0.1) is 16.2 Å². The number of nitrogens with zero attached hydrogens (tertiary/aromatic N) is 3. The van der Waals surface area contributed by atoms with E-state index in [0.717, 1.165) is 5.69 Å². The molecule has 4 aromatic rings. The fourth-order valence-corrected chi connectivity index (χ4v) is 4.86. The third kappa shape index (κ3) is 4.63. The summed E-state index contributed by atoms with van der Waals surface area (Å²) < 4.78 is 43.2. The highest BCUT2D eigenvalue weighted by Crippen LogP contribution is 2.23. The molecule has 0 spiro atoms. The van der Waals surface area contributed by atoms with E-state index in [1.54, 1.807) is 22.7 Å². The van der Waals surface area contributed by atoms with Gasteiger partial charge in [0.25, 0.3) is 0 Å². The van der Waals surface area contributed by atoms with E-state index in [0.29, 0.717) is 22.6 Å². The van der Waals surface area contributed by atoms with Crippen LogP contribution in [0.2, 0.25) is 0 Å². The highest BCUT2D eigenvalue weighted by molar-refractivity contribution is 7.89. The zero-order valence-electron chi connectivity index (χ0n) is 16.4. The molecule has 0 atom stereocenters. The minimum atomic E-state index is -3.71. The molecule has 0 fully saturated rings. The van der Waals surface area contributed by atoms with Crippen molar-refractivity contribution < 1.29 is 17.6 Å². The van der Waals surface area contributed by atoms with Crippen LogP contribution in [0.5, 0.6) is 0 Å². The molecular weight excluding hydrogens is 441 g/mol. The first-order valence-electron chi connectivity index (χ1n) is 9.29. The van der Waals surface area contributed by atoms with Crippen molar-refractivity contribution in [2.75, 3.05) is 11.9 Å². The molecule has 2 aromatic heterocycles. The largest absolute Gasteiger partial charge is 0.326 e. The zero-order chi connectivity index (χ0) is 22.0. The number of sulfonamides is 1. The van der Waals surface area contributed by atoms with Crippen LogP contribution in [0, 0.1) is 5.82 Å². The van der Waals surface area contributed by atoms with Crippen LogP contribution in [0.1, 0.15) is 12.6 Å². The number of nitrogens with one attached hydrogen (secondary N) is 2. The molecule has 2 N–H and O–H groups in total. The van der Waals surface area contributed by atoms with Gasteiger partial charge in [0.1, 0.15) is 5.82 Å². The SMILES string of the molecule is CC(=O)Nc1ccc(S(=O)(=O)NCCc2csc3nc(-c4ccccc4F)nn23)cc1. The van der Waals surface area contributed by atoms with Crippen molar-refractivity contribution >= 4 is 37.9 Å². The van der Waals surface area contributed by atoms with Gasteiger partial charge in [-0.3, -0.25) is 4.79 Å². The standard InChI is InChI=1S/C20H18FN5O3S2/c1-13(27)23-14-6-8-16(9-7-14)31(28,29)22-11-10-15-12-30-20-24-19(25-26(15)20)17-4-2-3-5-18(17)21/h2-9,12,22H,10-11H2,1H3,(H,23,27). The number of amides is 1. The summed E-state index contributed by atoms with van der Waals surface area (Å²) in [6.45, 7) is 1.53. The molecule has 8 nitrogen and oxygen atoms in total. The number of anilines is 1. The Morgan fingerprint density at radius 2 is 1.90 bits per heavy atom. The summed E-state index contributed by atoms with van der Waals surface area (Å²) in [6, 6.07) is 12.2.